The van der Waals surface area contributed by atoms with Crippen LogP contribution in [-0.4, -0.2) is 64.4 Å². The van der Waals surface area contributed by atoms with E-state index in [0.717, 1.165) is 30.6 Å². The van der Waals surface area contributed by atoms with Crippen molar-refractivity contribution in [2.75, 3.05) is 27.2 Å². The van der Waals surface area contributed by atoms with Gasteiger partial charge in [0.1, 0.15) is 6.54 Å². The van der Waals surface area contributed by atoms with Gasteiger partial charge in [0.05, 0.1) is 6.04 Å². The fourth-order valence-electron chi connectivity index (χ4n) is 3.91. The van der Waals surface area contributed by atoms with Gasteiger partial charge in [0.25, 0.3) is 0 Å². The van der Waals surface area contributed by atoms with Gasteiger partial charge in [-0.25, -0.2) is 4.79 Å². The van der Waals surface area contributed by atoms with Gasteiger partial charge in [0.2, 0.25) is 5.91 Å². The maximum atomic E-state index is 13.3. The highest BCUT2D eigenvalue weighted by Crippen LogP contribution is 2.34. The molecule has 2 heterocycles. The lowest BCUT2D eigenvalue weighted by molar-refractivity contribution is -0.134. The van der Waals surface area contributed by atoms with Gasteiger partial charge in [-0.3, -0.25) is 4.79 Å². The predicted octanol–water partition coefficient (Wildman–Crippen LogP) is 3.22. The molecule has 0 bridgehead atoms. The van der Waals surface area contributed by atoms with Crippen molar-refractivity contribution in [3.63, 3.8) is 0 Å². The standard InChI is InChI=1S/C21H25ClN4O2/c1-23(2)21(28)26(17-8-9-17)14-19(27)25-12-11-24-10-4-7-18(24)20(25)15-5-3-6-16(22)13-15/h3-7,10,13,17,20H,8-9,11-12,14H2,1-2H3/t20-/m1/s1. The summed E-state index contributed by atoms with van der Waals surface area (Å²) in [5, 5.41) is 0.649. The van der Waals surface area contributed by atoms with Crippen molar-refractivity contribution in [2.45, 2.75) is 31.5 Å². The molecule has 6 nitrogen and oxygen atoms in total. The molecule has 1 fully saturated rings. The maximum absolute atomic E-state index is 13.3. The second kappa shape index (κ2) is 7.51. The van der Waals surface area contributed by atoms with Crippen LogP contribution in [0.5, 0.6) is 0 Å². The summed E-state index contributed by atoms with van der Waals surface area (Å²) in [4.78, 5) is 31.0. The minimum atomic E-state index is -0.203. The first-order valence-electron chi connectivity index (χ1n) is 9.63. The highest BCUT2D eigenvalue weighted by atomic mass is 35.5. The number of rotatable bonds is 4. The summed E-state index contributed by atoms with van der Waals surface area (Å²) < 4.78 is 2.18. The second-order valence-corrected chi connectivity index (χ2v) is 8.14. The molecule has 0 radical (unpaired) electrons. The van der Waals surface area contributed by atoms with Crippen LogP contribution in [0, 0.1) is 0 Å². The molecule has 2 aliphatic rings. The Morgan fingerprint density at radius 3 is 2.61 bits per heavy atom. The SMILES string of the molecule is CN(C)C(=O)N(CC(=O)N1CCn2cccc2[C@H]1c1cccc(Cl)c1)C1CC1. The van der Waals surface area contributed by atoms with Gasteiger partial charge in [-0.15, -0.1) is 0 Å². The van der Waals surface area contributed by atoms with Crippen LogP contribution >= 0.6 is 11.6 Å². The minimum absolute atomic E-state index is 0.0282. The average molecular weight is 401 g/mol. The number of aromatic nitrogens is 1. The largest absolute Gasteiger partial charge is 0.348 e. The van der Waals surface area contributed by atoms with Gasteiger partial charge >= 0.3 is 6.03 Å². The van der Waals surface area contributed by atoms with Gasteiger partial charge in [-0.05, 0) is 42.7 Å². The number of hydrogen-bond acceptors (Lipinski definition) is 2. The molecule has 0 unspecified atom stereocenters. The molecular weight excluding hydrogens is 376 g/mol. The molecule has 148 valence electrons. The normalized spacial score (nSPS) is 18.5. The van der Waals surface area contributed by atoms with Crippen molar-refractivity contribution in [1.82, 2.24) is 19.3 Å². The number of halogens is 1. The fraction of sp³-hybridized carbons (Fsp3) is 0.429. The molecule has 0 N–H and O–H groups in total. The number of nitrogens with zero attached hydrogens (tertiary/aromatic N) is 4. The Bertz CT molecular complexity index is 890. The van der Waals surface area contributed by atoms with Crippen LogP contribution < -0.4 is 0 Å². The molecule has 7 heteroatoms. The number of benzene rings is 1. The molecule has 4 rings (SSSR count). The Balaban J connectivity index is 1.63. The summed E-state index contributed by atoms with van der Waals surface area (Å²) in [5.74, 6) is -0.0282. The quantitative estimate of drug-likeness (QED) is 0.791. The Morgan fingerprint density at radius 2 is 1.93 bits per heavy atom. The molecule has 1 saturated carbocycles. The van der Waals surface area contributed by atoms with Crippen molar-refractivity contribution in [3.8, 4) is 0 Å². The van der Waals surface area contributed by atoms with E-state index >= 15 is 0 Å². The summed E-state index contributed by atoms with van der Waals surface area (Å²) in [6.45, 7) is 1.46. The van der Waals surface area contributed by atoms with Crippen molar-refractivity contribution in [3.05, 3.63) is 58.9 Å². The molecule has 0 spiro atoms. The third-order valence-corrected chi connectivity index (χ3v) is 5.68. The van der Waals surface area contributed by atoms with Crippen molar-refractivity contribution in [1.29, 1.82) is 0 Å². The molecular formula is C21H25ClN4O2. The van der Waals surface area contributed by atoms with Crippen LogP contribution in [0.25, 0.3) is 0 Å². The Hall–Kier alpha value is -2.47. The van der Waals surface area contributed by atoms with Crippen LogP contribution in [-0.2, 0) is 11.3 Å². The monoisotopic (exact) mass is 400 g/mol. The maximum Gasteiger partial charge on any atom is 0.320 e. The van der Waals surface area contributed by atoms with Crippen LogP contribution in [0.2, 0.25) is 5.02 Å². The summed E-state index contributed by atoms with van der Waals surface area (Å²) in [6, 6.07) is 11.6. The van der Waals surface area contributed by atoms with E-state index in [1.807, 2.05) is 41.4 Å². The molecule has 1 aliphatic carbocycles. The van der Waals surface area contributed by atoms with E-state index in [1.54, 1.807) is 23.9 Å². The van der Waals surface area contributed by atoms with E-state index in [9.17, 15) is 9.59 Å². The summed E-state index contributed by atoms with van der Waals surface area (Å²) in [6.07, 6.45) is 3.97. The highest BCUT2D eigenvalue weighted by molar-refractivity contribution is 6.30. The molecule has 2 aromatic rings. The molecule has 28 heavy (non-hydrogen) atoms. The molecule has 1 aromatic carbocycles. The number of carbonyl (C=O) groups is 2. The predicted molar refractivity (Wildman–Crippen MR) is 108 cm³/mol. The Morgan fingerprint density at radius 1 is 1.14 bits per heavy atom. The lowest BCUT2D eigenvalue weighted by Crippen LogP contribution is -2.50. The molecule has 3 amide bonds. The molecule has 0 saturated heterocycles. The van der Waals surface area contributed by atoms with Gasteiger partial charge in [0.15, 0.2) is 0 Å². The average Bonchev–Trinajstić information content (AvgIpc) is 3.40. The number of hydrogen-bond donors (Lipinski definition) is 0. The van der Waals surface area contributed by atoms with Gasteiger partial charge in [-0.1, -0.05) is 23.7 Å². The van der Waals surface area contributed by atoms with Gasteiger partial charge in [-0.2, -0.15) is 0 Å². The number of urea groups is 1. The zero-order chi connectivity index (χ0) is 19.8. The van der Waals surface area contributed by atoms with Crippen molar-refractivity contribution in [2.24, 2.45) is 0 Å². The van der Waals surface area contributed by atoms with E-state index < -0.39 is 0 Å². The first kappa shape index (κ1) is 18.9. The van der Waals surface area contributed by atoms with E-state index in [2.05, 4.69) is 10.6 Å². The third-order valence-electron chi connectivity index (χ3n) is 5.44. The third kappa shape index (κ3) is 3.61. The van der Waals surface area contributed by atoms with Crippen LogP contribution in [0.1, 0.15) is 30.1 Å². The Labute approximate surface area is 170 Å². The second-order valence-electron chi connectivity index (χ2n) is 7.71. The molecule has 1 atom stereocenters. The smallest absolute Gasteiger partial charge is 0.320 e. The molecule has 1 aliphatic heterocycles. The van der Waals surface area contributed by atoms with E-state index in [0.29, 0.717) is 11.6 Å². The van der Waals surface area contributed by atoms with Crippen molar-refractivity contribution < 1.29 is 9.59 Å². The van der Waals surface area contributed by atoms with Gasteiger partial charge in [0, 0.05) is 50.1 Å². The first-order valence-corrected chi connectivity index (χ1v) is 10.0. The summed E-state index contributed by atoms with van der Waals surface area (Å²) in [7, 11) is 3.45. The van der Waals surface area contributed by atoms with Crippen LogP contribution in [0.15, 0.2) is 42.6 Å². The fourth-order valence-corrected chi connectivity index (χ4v) is 4.11. The number of carbonyl (C=O) groups excluding carboxylic acids is 2. The Kier molecular flexibility index (Phi) is 5.06. The van der Waals surface area contributed by atoms with E-state index in [-0.39, 0.29) is 30.6 Å². The lowest BCUT2D eigenvalue weighted by Gasteiger charge is -2.38. The first-order chi connectivity index (χ1) is 13.5. The zero-order valence-corrected chi connectivity index (χ0v) is 17.0. The van der Waals surface area contributed by atoms with E-state index in [1.165, 1.54) is 0 Å². The minimum Gasteiger partial charge on any atom is -0.348 e. The summed E-state index contributed by atoms with van der Waals surface area (Å²) in [5.41, 5.74) is 2.05. The molecule has 1 aromatic heterocycles. The van der Waals surface area contributed by atoms with Crippen LogP contribution in [0.4, 0.5) is 4.79 Å². The zero-order valence-electron chi connectivity index (χ0n) is 16.2. The van der Waals surface area contributed by atoms with E-state index in [4.69, 9.17) is 11.6 Å². The number of fused-ring (bicyclic) bond motifs is 1. The van der Waals surface area contributed by atoms with Crippen LogP contribution in [0.3, 0.4) is 0 Å². The van der Waals surface area contributed by atoms with Gasteiger partial charge < -0.3 is 19.3 Å². The highest BCUT2D eigenvalue weighted by Gasteiger charge is 2.38. The summed E-state index contributed by atoms with van der Waals surface area (Å²) >= 11 is 6.23. The lowest BCUT2D eigenvalue weighted by atomic mass is 9.99. The topological polar surface area (TPSA) is 48.8 Å². The number of amides is 3. The van der Waals surface area contributed by atoms with Crippen molar-refractivity contribution >= 4 is 23.5 Å².